The first-order chi connectivity index (χ1) is 12.6. The highest BCUT2D eigenvalue weighted by atomic mass is 16.5. The van der Waals surface area contributed by atoms with Gasteiger partial charge < -0.3 is 19.9 Å². The molecule has 0 aliphatic carbocycles. The van der Waals surface area contributed by atoms with Crippen LogP contribution in [0.5, 0.6) is 5.75 Å². The van der Waals surface area contributed by atoms with Crippen LogP contribution in [0, 0.1) is 0 Å². The highest BCUT2D eigenvalue weighted by Gasteiger charge is 2.03. The number of hydrogen-bond acceptors (Lipinski definition) is 4. The Morgan fingerprint density at radius 1 is 1.27 bits per heavy atom. The number of rotatable bonds is 9. The summed E-state index contributed by atoms with van der Waals surface area (Å²) in [4.78, 5) is 4.66. The second-order valence-electron chi connectivity index (χ2n) is 6.23. The lowest BCUT2D eigenvalue weighted by molar-refractivity contribution is 0.242. The van der Waals surface area contributed by atoms with E-state index in [4.69, 9.17) is 4.74 Å². The molecule has 1 aromatic carbocycles. The van der Waals surface area contributed by atoms with Crippen LogP contribution in [0.15, 0.2) is 35.6 Å². The van der Waals surface area contributed by atoms with Gasteiger partial charge in [-0.05, 0) is 38.5 Å². The Balaban J connectivity index is 1.91. The van der Waals surface area contributed by atoms with Gasteiger partial charge in [0.2, 0.25) is 0 Å². The zero-order valence-electron chi connectivity index (χ0n) is 16.2. The standard InChI is InChI=1S/C19H30N6O/c1-5-18-24-23-14-25(18)11-10-21-19(20-6-2)22-13-16-8-7-9-17(12-16)26-15(3)4/h7-9,12,14-15H,5-6,10-11,13H2,1-4H3,(H2,20,21,22). The van der Waals surface area contributed by atoms with Gasteiger partial charge in [-0.15, -0.1) is 10.2 Å². The van der Waals surface area contributed by atoms with Gasteiger partial charge in [0, 0.05) is 26.1 Å². The summed E-state index contributed by atoms with van der Waals surface area (Å²) in [5.74, 6) is 2.68. The molecule has 0 aliphatic rings. The van der Waals surface area contributed by atoms with Crippen LogP contribution in [0.2, 0.25) is 0 Å². The van der Waals surface area contributed by atoms with Crippen molar-refractivity contribution in [3.05, 3.63) is 42.0 Å². The zero-order valence-corrected chi connectivity index (χ0v) is 16.2. The minimum absolute atomic E-state index is 0.165. The molecule has 0 aliphatic heterocycles. The molecule has 0 radical (unpaired) electrons. The Hall–Kier alpha value is -2.57. The average Bonchev–Trinajstić information content (AvgIpc) is 3.07. The molecule has 1 aromatic heterocycles. The molecule has 0 fully saturated rings. The maximum Gasteiger partial charge on any atom is 0.191 e. The second-order valence-corrected chi connectivity index (χ2v) is 6.23. The summed E-state index contributed by atoms with van der Waals surface area (Å²) in [6.07, 6.45) is 2.81. The number of aryl methyl sites for hydroxylation is 1. The number of guanidine groups is 1. The lowest BCUT2D eigenvalue weighted by Crippen LogP contribution is -2.38. The Labute approximate surface area is 155 Å². The predicted octanol–water partition coefficient (Wildman–Crippen LogP) is 2.38. The van der Waals surface area contributed by atoms with E-state index in [9.17, 15) is 0 Å². The number of benzene rings is 1. The predicted molar refractivity (Wildman–Crippen MR) is 104 cm³/mol. The molecule has 1 heterocycles. The maximum atomic E-state index is 5.74. The Morgan fingerprint density at radius 3 is 2.85 bits per heavy atom. The van der Waals surface area contributed by atoms with Gasteiger partial charge in [-0.25, -0.2) is 4.99 Å². The highest BCUT2D eigenvalue weighted by Crippen LogP contribution is 2.15. The van der Waals surface area contributed by atoms with Crippen molar-refractivity contribution >= 4 is 5.96 Å². The molecule has 142 valence electrons. The number of aliphatic imine (C=N–C) groups is 1. The minimum Gasteiger partial charge on any atom is -0.491 e. The van der Waals surface area contributed by atoms with Gasteiger partial charge in [-0.2, -0.15) is 0 Å². The van der Waals surface area contributed by atoms with Gasteiger partial charge in [-0.1, -0.05) is 19.1 Å². The van der Waals surface area contributed by atoms with Gasteiger partial charge in [0.15, 0.2) is 5.96 Å². The smallest absolute Gasteiger partial charge is 0.191 e. The van der Waals surface area contributed by atoms with E-state index in [1.807, 2.05) is 32.0 Å². The molecule has 0 saturated heterocycles. The molecule has 2 N–H and O–H groups in total. The van der Waals surface area contributed by atoms with E-state index >= 15 is 0 Å². The number of nitrogens with one attached hydrogen (secondary N) is 2. The van der Waals surface area contributed by atoms with Crippen LogP contribution in [0.4, 0.5) is 0 Å². The SMILES string of the molecule is CCNC(=NCc1cccc(OC(C)C)c1)NCCn1cnnc1CC. The average molecular weight is 358 g/mol. The van der Waals surface area contributed by atoms with Crippen LogP contribution in [0.1, 0.15) is 39.1 Å². The number of nitrogens with zero attached hydrogens (tertiary/aromatic N) is 4. The molecule has 2 rings (SSSR count). The fraction of sp³-hybridized carbons (Fsp3) is 0.526. The van der Waals surface area contributed by atoms with Gasteiger partial charge in [-0.3, -0.25) is 0 Å². The van der Waals surface area contributed by atoms with Crippen molar-refractivity contribution in [1.82, 2.24) is 25.4 Å². The van der Waals surface area contributed by atoms with E-state index in [0.29, 0.717) is 6.54 Å². The van der Waals surface area contributed by atoms with E-state index in [-0.39, 0.29) is 6.10 Å². The quantitative estimate of drug-likeness (QED) is 0.532. The van der Waals surface area contributed by atoms with E-state index < -0.39 is 0 Å². The lowest BCUT2D eigenvalue weighted by atomic mass is 10.2. The van der Waals surface area contributed by atoms with Crippen LogP contribution < -0.4 is 15.4 Å². The summed E-state index contributed by atoms with van der Waals surface area (Å²) in [6.45, 7) is 11.2. The van der Waals surface area contributed by atoms with Crippen molar-refractivity contribution in [1.29, 1.82) is 0 Å². The third-order valence-electron chi connectivity index (χ3n) is 3.69. The largest absolute Gasteiger partial charge is 0.491 e. The molecule has 0 bridgehead atoms. The molecule has 0 amide bonds. The van der Waals surface area contributed by atoms with Crippen molar-refractivity contribution in [3.63, 3.8) is 0 Å². The minimum atomic E-state index is 0.165. The van der Waals surface area contributed by atoms with E-state index in [1.165, 1.54) is 0 Å². The topological polar surface area (TPSA) is 76.4 Å². The van der Waals surface area contributed by atoms with E-state index in [0.717, 1.165) is 49.2 Å². The van der Waals surface area contributed by atoms with Gasteiger partial charge in [0.1, 0.15) is 17.9 Å². The molecule has 0 spiro atoms. The number of aromatic nitrogens is 3. The van der Waals surface area contributed by atoms with Crippen molar-refractivity contribution in [3.8, 4) is 5.75 Å². The first-order valence-electron chi connectivity index (χ1n) is 9.26. The van der Waals surface area contributed by atoms with Gasteiger partial charge in [0.25, 0.3) is 0 Å². The zero-order chi connectivity index (χ0) is 18.8. The summed E-state index contributed by atoms with van der Waals surface area (Å²) >= 11 is 0. The van der Waals surface area contributed by atoms with Crippen LogP contribution in [-0.2, 0) is 19.5 Å². The van der Waals surface area contributed by atoms with Crippen molar-refractivity contribution in [2.75, 3.05) is 13.1 Å². The highest BCUT2D eigenvalue weighted by molar-refractivity contribution is 5.79. The summed E-state index contributed by atoms with van der Waals surface area (Å²) in [6, 6.07) is 8.07. The van der Waals surface area contributed by atoms with Gasteiger partial charge >= 0.3 is 0 Å². The van der Waals surface area contributed by atoms with Crippen molar-refractivity contribution < 1.29 is 4.74 Å². The number of ether oxygens (including phenoxy) is 1. The Kier molecular flexibility index (Phi) is 7.92. The Bertz CT molecular complexity index is 695. The fourth-order valence-corrected chi connectivity index (χ4v) is 2.54. The third-order valence-corrected chi connectivity index (χ3v) is 3.69. The normalized spacial score (nSPS) is 11.7. The van der Waals surface area contributed by atoms with Crippen molar-refractivity contribution in [2.24, 2.45) is 4.99 Å². The summed E-state index contributed by atoms with van der Waals surface area (Å²) in [5, 5.41) is 14.7. The molecule has 2 aromatic rings. The molecular weight excluding hydrogens is 328 g/mol. The van der Waals surface area contributed by atoms with Crippen LogP contribution in [-0.4, -0.2) is 39.9 Å². The van der Waals surface area contributed by atoms with Crippen LogP contribution in [0.3, 0.4) is 0 Å². The van der Waals surface area contributed by atoms with Crippen LogP contribution >= 0.6 is 0 Å². The molecule has 7 heteroatoms. The first kappa shape index (κ1) is 19.8. The Morgan fingerprint density at radius 2 is 2.12 bits per heavy atom. The molecule has 7 nitrogen and oxygen atoms in total. The monoisotopic (exact) mass is 358 g/mol. The van der Waals surface area contributed by atoms with E-state index in [1.54, 1.807) is 6.33 Å². The van der Waals surface area contributed by atoms with Gasteiger partial charge in [0.05, 0.1) is 12.6 Å². The third kappa shape index (κ3) is 6.38. The van der Waals surface area contributed by atoms with Crippen molar-refractivity contribution in [2.45, 2.75) is 53.3 Å². The maximum absolute atomic E-state index is 5.74. The summed E-state index contributed by atoms with van der Waals surface area (Å²) in [7, 11) is 0. The first-order valence-corrected chi connectivity index (χ1v) is 9.26. The summed E-state index contributed by atoms with van der Waals surface area (Å²) in [5.41, 5.74) is 1.12. The molecular formula is C19H30N6O. The second kappa shape index (κ2) is 10.4. The summed E-state index contributed by atoms with van der Waals surface area (Å²) < 4.78 is 7.80. The van der Waals surface area contributed by atoms with E-state index in [2.05, 4.69) is 50.3 Å². The lowest BCUT2D eigenvalue weighted by Gasteiger charge is -2.13. The molecule has 0 unspecified atom stereocenters. The molecule has 0 saturated carbocycles. The number of hydrogen-bond donors (Lipinski definition) is 2. The molecule has 26 heavy (non-hydrogen) atoms. The van der Waals surface area contributed by atoms with Crippen LogP contribution in [0.25, 0.3) is 0 Å². The fourth-order valence-electron chi connectivity index (χ4n) is 2.54. The molecule has 0 atom stereocenters.